The quantitative estimate of drug-likeness (QED) is 0.775. The number of rotatable bonds is 4. The van der Waals surface area contributed by atoms with Gasteiger partial charge < -0.3 is 4.74 Å². The second-order valence-corrected chi connectivity index (χ2v) is 5.66. The molecule has 1 saturated heterocycles. The van der Waals surface area contributed by atoms with Gasteiger partial charge in [-0.1, -0.05) is 20.8 Å². The van der Waals surface area contributed by atoms with Crippen LogP contribution in [0.5, 0.6) is 0 Å². The van der Waals surface area contributed by atoms with E-state index in [1.54, 1.807) is 7.11 Å². The molecule has 1 fully saturated rings. The van der Waals surface area contributed by atoms with Gasteiger partial charge in [-0.3, -0.25) is 5.43 Å². The molecule has 0 aromatic heterocycles. The zero-order valence-corrected chi connectivity index (χ0v) is 10.8. The number of methoxy groups -OCH3 is 1. The average Bonchev–Trinajstić information content (AvgIpc) is 2.52. The summed E-state index contributed by atoms with van der Waals surface area (Å²) in [5.41, 5.74) is 3.91. The fourth-order valence-corrected chi connectivity index (χ4v) is 1.81. The van der Waals surface area contributed by atoms with Gasteiger partial charge in [0.05, 0.1) is 6.61 Å². The summed E-state index contributed by atoms with van der Waals surface area (Å²) in [6, 6.07) is 1.05. The van der Waals surface area contributed by atoms with Crippen molar-refractivity contribution in [1.29, 1.82) is 0 Å². The first-order chi connectivity index (χ1) is 6.95. The molecule has 0 aromatic carbocycles. The van der Waals surface area contributed by atoms with Gasteiger partial charge in [0, 0.05) is 25.7 Å². The molecule has 0 bridgehead atoms. The molecule has 0 spiro atoms. The molecule has 2 atom stereocenters. The molecule has 3 nitrogen and oxygen atoms in total. The van der Waals surface area contributed by atoms with Crippen LogP contribution in [0.3, 0.4) is 0 Å². The summed E-state index contributed by atoms with van der Waals surface area (Å²) in [5, 5.41) is 2.36. The van der Waals surface area contributed by atoms with Crippen LogP contribution in [0.1, 0.15) is 40.5 Å². The number of nitrogens with zero attached hydrogens (tertiary/aromatic N) is 1. The number of hydrogen-bond acceptors (Lipinski definition) is 3. The van der Waals surface area contributed by atoms with Gasteiger partial charge in [0.2, 0.25) is 0 Å². The van der Waals surface area contributed by atoms with Gasteiger partial charge in [-0.05, 0) is 25.2 Å². The van der Waals surface area contributed by atoms with Gasteiger partial charge in [0.1, 0.15) is 0 Å². The summed E-state index contributed by atoms with van der Waals surface area (Å²) < 4.78 is 5.24. The Morgan fingerprint density at radius 2 is 2.13 bits per heavy atom. The Morgan fingerprint density at radius 3 is 2.67 bits per heavy atom. The highest BCUT2D eigenvalue weighted by Crippen LogP contribution is 2.22. The largest absolute Gasteiger partial charge is 0.383 e. The zero-order valence-electron chi connectivity index (χ0n) is 10.8. The molecule has 3 heteroatoms. The van der Waals surface area contributed by atoms with Crippen LogP contribution in [0.4, 0.5) is 0 Å². The van der Waals surface area contributed by atoms with Crippen molar-refractivity contribution in [3.05, 3.63) is 0 Å². The van der Waals surface area contributed by atoms with Crippen LogP contribution in [0.2, 0.25) is 0 Å². The first-order valence-corrected chi connectivity index (χ1v) is 5.97. The molecular formula is C12H26N2O. The Labute approximate surface area is 94.1 Å². The number of nitrogens with one attached hydrogen (secondary N) is 1. The topological polar surface area (TPSA) is 24.5 Å². The highest BCUT2D eigenvalue weighted by atomic mass is 16.5. The van der Waals surface area contributed by atoms with Crippen LogP contribution in [0.25, 0.3) is 0 Å². The van der Waals surface area contributed by atoms with E-state index in [1.165, 1.54) is 12.8 Å². The monoisotopic (exact) mass is 214 g/mol. The smallest absolute Gasteiger partial charge is 0.0632 e. The predicted octanol–water partition coefficient (Wildman–Crippen LogP) is 2.04. The molecule has 0 saturated carbocycles. The molecule has 0 unspecified atom stereocenters. The van der Waals surface area contributed by atoms with E-state index in [1.807, 2.05) is 0 Å². The lowest BCUT2D eigenvalue weighted by molar-refractivity contribution is 0.0542. The van der Waals surface area contributed by atoms with Crippen molar-refractivity contribution < 1.29 is 4.74 Å². The molecule has 0 amide bonds. The Balaban J connectivity index is 2.43. The van der Waals surface area contributed by atoms with Gasteiger partial charge in [-0.2, -0.15) is 0 Å². The van der Waals surface area contributed by atoms with E-state index >= 15 is 0 Å². The minimum atomic E-state index is 0.306. The fraction of sp³-hybridized carbons (Fsp3) is 1.00. The van der Waals surface area contributed by atoms with Crippen LogP contribution < -0.4 is 5.43 Å². The highest BCUT2D eigenvalue weighted by Gasteiger charge is 2.28. The van der Waals surface area contributed by atoms with E-state index in [9.17, 15) is 0 Å². The molecule has 90 valence electrons. The molecule has 0 radical (unpaired) electrons. The molecule has 1 rings (SSSR count). The fourth-order valence-electron chi connectivity index (χ4n) is 1.81. The minimum Gasteiger partial charge on any atom is -0.383 e. The van der Waals surface area contributed by atoms with Crippen LogP contribution in [0, 0.1) is 5.41 Å². The van der Waals surface area contributed by atoms with E-state index in [0.29, 0.717) is 17.5 Å². The van der Waals surface area contributed by atoms with Crippen molar-refractivity contribution in [2.75, 3.05) is 20.3 Å². The molecule has 0 aliphatic carbocycles. The van der Waals surface area contributed by atoms with E-state index in [-0.39, 0.29) is 0 Å². The lowest BCUT2D eigenvalue weighted by atomic mass is 9.88. The lowest BCUT2D eigenvalue weighted by Crippen LogP contribution is -2.51. The van der Waals surface area contributed by atoms with Crippen LogP contribution >= 0.6 is 0 Å². The molecule has 0 aromatic rings. The van der Waals surface area contributed by atoms with Gasteiger partial charge >= 0.3 is 0 Å². The summed E-state index contributed by atoms with van der Waals surface area (Å²) in [6.45, 7) is 11.0. The third-order valence-corrected chi connectivity index (χ3v) is 3.39. The van der Waals surface area contributed by atoms with Crippen molar-refractivity contribution in [1.82, 2.24) is 10.4 Å². The van der Waals surface area contributed by atoms with E-state index in [2.05, 4.69) is 38.1 Å². The molecule has 1 aliphatic rings. The van der Waals surface area contributed by atoms with E-state index < -0.39 is 0 Å². The van der Waals surface area contributed by atoms with Gasteiger partial charge in [-0.25, -0.2) is 5.01 Å². The number of hydrogen-bond donors (Lipinski definition) is 1. The first kappa shape index (κ1) is 12.9. The maximum atomic E-state index is 5.24. The predicted molar refractivity (Wildman–Crippen MR) is 63.7 cm³/mol. The highest BCUT2D eigenvalue weighted by molar-refractivity contribution is 4.81. The van der Waals surface area contributed by atoms with Crippen LogP contribution in [-0.2, 0) is 4.74 Å². The summed E-state index contributed by atoms with van der Waals surface area (Å²) in [7, 11) is 1.78. The molecule has 15 heavy (non-hydrogen) atoms. The summed E-state index contributed by atoms with van der Waals surface area (Å²) in [4.78, 5) is 0. The maximum Gasteiger partial charge on any atom is 0.0632 e. The Bertz CT molecular complexity index is 189. The second-order valence-electron chi connectivity index (χ2n) is 5.66. The van der Waals surface area contributed by atoms with E-state index in [0.717, 1.165) is 13.2 Å². The van der Waals surface area contributed by atoms with Gasteiger partial charge in [0.15, 0.2) is 0 Å². The normalized spacial score (nSPS) is 25.8. The Morgan fingerprint density at radius 1 is 1.47 bits per heavy atom. The SMILES string of the molecule is COC[C@@H]1CCCN1N[C@H](C)C(C)(C)C. The van der Waals surface area contributed by atoms with Crippen LogP contribution in [-0.4, -0.2) is 37.4 Å². The van der Waals surface area contributed by atoms with Crippen molar-refractivity contribution in [2.24, 2.45) is 5.41 Å². The van der Waals surface area contributed by atoms with Crippen LogP contribution in [0.15, 0.2) is 0 Å². The van der Waals surface area contributed by atoms with Crippen molar-refractivity contribution in [2.45, 2.75) is 52.6 Å². The standard InChI is InChI=1S/C12H26N2O/c1-10(12(2,3)4)13-14-8-6-7-11(14)9-15-5/h10-11,13H,6-9H2,1-5H3/t10-,11+/m1/s1. The summed E-state index contributed by atoms with van der Waals surface area (Å²) >= 11 is 0. The lowest BCUT2D eigenvalue weighted by Gasteiger charge is -2.35. The number of hydrazine groups is 1. The molecule has 1 heterocycles. The Hall–Kier alpha value is -0.120. The summed E-state index contributed by atoms with van der Waals surface area (Å²) in [5.74, 6) is 0. The first-order valence-electron chi connectivity index (χ1n) is 5.97. The minimum absolute atomic E-state index is 0.306. The van der Waals surface area contributed by atoms with E-state index in [4.69, 9.17) is 4.74 Å². The van der Waals surface area contributed by atoms with Crippen molar-refractivity contribution >= 4 is 0 Å². The van der Waals surface area contributed by atoms with Gasteiger partial charge in [-0.15, -0.1) is 0 Å². The molecule has 1 N–H and O–H groups in total. The molecular weight excluding hydrogens is 188 g/mol. The second kappa shape index (κ2) is 5.28. The maximum absolute atomic E-state index is 5.24. The third-order valence-electron chi connectivity index (χ3n) is 3.39. The number of ether oxygens (including phenoxy) is 1. The van der Waals surface area contributed by atoms with Crippen molar-refractivity contribution in [3.8, 4) is 0 Å². The Kier molecular flexibility index (Phi) is 4.56. The summed E-state index contributed by atoms with van der Waals surface area (Å²) in [6.07, 6.45) is 2.52. The van der Waals surface area contributed by atoms with Crippen molar-refractivity contribution in [3.63, 3.8) is 0 Å². The van der Waals surface area contributed by atoms with Gasteiger partial charge in [0.25, 0.3) is 0 Å². The average molecular weight is 214 g/mol. The molecule has 1 aliphatic heterocycles. The zero-order chi connectivity index (χ0) is 11.5. The third kappa shape index (κ3) is 3.74.